The van der Waals surface area contributed by atoms with Crippen LogP contribution < -0.4 is 16.4 Å². The van der Waals surface area contributed by atoms with E-state index in [0.29, 0.717) is 16.8 Å². The summed E-state index contributed by atoms with van der Waals surface area (Å²) in [6, 6.07) is 4.21. The molecule has 0 spiro atoms. The van der Waals surface area contributed by atoms with Gasteiger partial charge >= 0.3 is 17.9 Å². The number of nitrogens with one attached hydrogen (secondary N) is 3. The summed E-state index contributed by atoms with van der Waals surface area (Å²) < 4.78 is 0. The first-order valence-electron chi connectivity index (χ1n) is 11.3. The molecule has 17 heteroatoms. The maximum absolute atomic E-state index is 12.9. The fraction of sp³-hybridized carbons (Fsp3) is 0.318. The third kappa shape index (κ3) is 6.32. The van der Waals surface area contributed by atoms with Gasteiger partial charge in [0.25, 0.3) is 5.91 Å². The van der Waals surface area contributed by atoms with Crippen LogP contribution in [0, 0.1) is 0 Å². The zero-order valence-corrected chi connectivity index (χ0v) is 21.6. The van der Waals surface area contributed by atoms with Gasteiger partial charge in [-0.1, -0.05) is 23.9 Å². The van der Waals surface area contributed by atoms with Crippen LogP contribution in [-0.2, 0) is 30.4 Å². The fourth-order valence-corrected chi connectivity index (χ4v) is 6.19. The first kappa shape index (κ1) is 27.9. The standard InChI is InChI=1S/C22H23N7O8S2/c23-15(9-1-3-11(4-2-9)24-6-14(32)33)18(34)26-16-19(35)29-17(21(36)37)10(7-38-20(16)29)8-39-22-25-12(27-28-22)5-13(30)31/h1-4,15-16,20,24H,5-8,23H2,(H,26,34)(H,30,31)(H,32,33)(H,36,37)(H,25,27,28)/t15?,16?,20-/m1/s1. The number of aromatic amines is 1. The van der Waals surface area contributed by atoms with Crippen LogP contribution >= 0.6 is 23.5 Å². The average molecular weight is 578 g/mol. The van der Waals surface area contributed by atoms with Crippen LogP contribution in [0.15, 0.2) is 40.7 Å². The summed E-state index contributed by atoms with van der Waals surface area (Å²) in [6.45, 7) is -0.272. The molecule has 3 atom stereocenters. The second-order valence-corrected chi connectivity index (χ2v) is 10.5. The highest BCUT2D eigenvalue weighted by molar-refractivity contribution is 8.01. The molecule has 3 heterocycles. The summed E-state index contributed by atoms with van der Waals surface area (Å²) in [5.41, 5.74) is 7.33. The molecule has 1 saturated heterocycles. The fourth-order valence-electron chi connectivity index (χ4n) is 3.89. The number of amides is 2. The number of carboxylic acid groups (broad SMARTS) is 3. The number of fused-ring (bicyclic) bond motifs is 1. The Kier molecular flexibility index (Phi) is 8.41. The van der Waals surface area contributed by atoms with E-state index in [2.05, 4.69) is 25.8 Å². The smallest absolute Gasteiger partial charge is 0.352 e. The summed E-state index contributed by atoms with van der Waals surface area (Å²) in [6.07, 6.45) is -0.331. The molecule has 4 rings (SSSR count). The van der Waals surface area contributed by atoms with Gasteiger partial charge in [0.15, 0.2) is 0 Å². The lowest BCUT2D eigenvalue weighted by Gasteiger charge is -2.49. The molecule has 15 nitrogen and oxygen atoms in total. The van der Waals surface area contributed by atoms with Crippen molar-refractivity contribution in [3.8, 4) is 0 Å². The molecule has 1 aromatic carbocycles. The number of nitrogens with two attached hydrogens (primary N) is 1. The van der Waals surface area contributed by atoms with Gasteiger partial charge in [0.05, 0.1) is 0 Å². The summed E-state index contributed by atoms with van der Waals surface area (Å²) in [5.74, 6) is -3.99. The number of β-lactam (4-membered cyclic amide) rings is 1. The van der Waals surface area contributed by atoms with Gasteiger partial charge < -0.3 is 31.7 Å². The number of hydrogen-bond donors (Lipinski definition) is 7. The molecule has 2 aliphatic heterocycles. The summed E-state index contributed by atoms with van der Waals surface area (Å²) >= 11 is 2.40. The molecule has 8 N–H and O–H groups in total. The number of carbonyl (C=O) groups excluding carboxylic acids is 2. The maximum Gasteiger partial charge on any atom is 0.352 e. The first-order valence-corrected chi connectivity index (χ1v) is 13.4. The van der Waals surface area contributed by atoms with Gasteiger partial charge in [-0.25, -0.2) is 9.78 Å². The van der Waals surface area contributed by atoms with Crippen molar-refractivity contribution < 1.29 is 39.3 Å². The van der Waals surface area contributed by atoms with Crippen LogP contribution in [0.2, 0.25) is 0 Å². The molecule has 0 bridgehead atoms. The van der Waals surface area contributed by atoms with E-state index in [1.807, 2.05) is 0 Å². The van der Waals surface area contributed by atoms with Crippen LogP contribution in [-0.4, -0.2) is 94.6 Å². The minimum atomic E-state index is -1.29. The SMILES string of the molecule is NC(C(=O)NC1C(=O)N2C(C(=O)O)=C(CSc3n[nH]c(CC(=O)O)n3)CS[C@H]12)c1ccc(NCC(=O)O)cc1. The highest BCUT2D eigenvalue weighted by atomic mass is 32.2. The Bertz CT molecular complexity index is 1350. The number of carboxylic acids is 3. The van der Waals surface area contributed by atoms with Crippen molar-refractivity contribution in [3.63, 3.8) is 0 Å². The third-order valence-corrected chi connectivity index (χ3v) is 8.02. The van der Waals surface area contributed by atoms with Crippen molar-refractivity contribution in [2.45, 2.75) is 29.0 Å². The van der Waals surface area contributed by atoms with Gasteiger partial charge in [0.1, 0.15) is 41.9 Å². The third-order valence-electron chi connectivity index (χ3n) is 5.75. The largest absolute Gasteiger partial charge is 0.481 e. The van der Waals surface area contributed by atoms with Gasteiger partial charge in [0.2, 0.25) is 11.1 Å². The summed E-state index contributed by atoms with van der Waals surface area (Å²) in [4.78, 5) is 64.4. The number of H-pyrrole nitrogens is 1. The van der Waals surface area contributed by atoms with Gasteiger partial charge in [-0.2, -0.15) is 0 Å². The molecule has 1 fully saturated rings. The predicted octanol–water partition coefficient (Wildman–Crippen LogP) is -0.541. The topological polar surface area (TPSA) is 241 Å². The normalized spacial score (nSPS) is 19.1. The Morgan fingerprint density at radius 2 is 1.90 bits per heavy atom. The van der Waals surface area contributed by atoms with E-state index in [4.69, 9.17) is 15.9 Å². The zero-order chi connectivity index (χ0) is 28.3. The van der Waals surface area contributed by atoms with E-state index in [-0.39, 0.29) is 41.1 Å². The molecular formula is C22H23N7O8S2. The number of aromatic nitrogens is 3. The molecule has 2 aliphatic rings. The molecular weight excluding hydrogens is 554 g/mol. The number of carbonyl (C=O) groups is 5. The minimum absolute atomic E-state index is 0.161. The summed E-state index contributed by atoms with van der Waals surface area (Å²) in [7, 11) is 0. The lowest BCUT2D eigenvalue weighted by molar-refractivity contribution is -0.150. The second kappa shape index (κ2) is 11.7. The molecule has 0 saturated carbocycles. The van der Waals surface area contributed by atoms with E-state index in [9.17, 15) is 29.1 Å². The number of aliphatic carboxylic acids is 3. The highest BCUT2D eigenvalue weighted by Gasteiger charge is 2.54. The Balaban J connectivity index is 1.38. The Morgan fingerprint density at radius 3 is 2.54 bits per heavy atom. The number of anilines is 1. The van der Waals surface area contributed by atoms with Crippen molar-refractivity contribution in [2.75, 3.05) is 23.4 Å². The lowest BCUT2D eigenvalue weighted by atomic mass is 10.0. The Morgan fingerprint density at radius 1 is 1.18 bits per heavy atom. The molecule has 0 aliphatic carbocycles. The molecule has 2 unspecified atom stereocenters. The van der Waals surface area contributed by atoms with E-state index >= 15 is 0 Å². The zero-order valence-electron chi connectivity index (χ0n) is 20.0. The van der Waals surface area contributed by atoms with Crippen molar-refractivity contribution in [1.29, 1.82) is 0 Å². The Hall–Kier alpha value is -4.09. The number of hydrogen-bond acceptors (Lipinski definition) is 11. The van der Waals surface area contributed by atoms with Gasteiger partial charge in [-0.3, -0.25) is 29.2 Å². The maximum atomic E-state index is 12.9. The lowest BCUT2D eigenvalue weighted by Crippen LogP contribution is -2.71. The number of thioether (sulfide) groups is 2. The van der Waals surface area contributed by atoms with E-state index in [1.165, 1.54) is 11.8 Å². The molecule has 2 aromatic rings. The van der Waals surface area contributed by atoms with Crippen LogP contribution in [0.25, 0.3) is 0 Å². The van der Waals surface area contributed by atoms with Crippen LogP contribution in [0.3, 0.4) is 0 Å². The molecule has 1 aromatic heterocycles. The van der Waals surface area contributed by atoms with Crippen LogP contribution in [0.1, 0.15) is 17.4 Å². The minimum Gasteiger partial charge on any atom is -0.481 e. The van der Waals surface area contributed by atoms with E-state index < -0.39 is 47.2 Å². The summed E-state index contributed by atoms with van der Waals surface area (Å²) in [5, 5.41) is 38.8. The van der Waals surface area contributed by atoms with Crippen molar-refractivity contribution in [2.24, 2.45) is 5.73 Å². The quantitative estimate of drug-likeness (QED) is 0.124. The van der Waals surface area contributed by atoms with Gasteiger partial charge in [-0.05, 0) is 23.3 Å². The predicted molar refractivity (Wildman–Crippen MR) is 138 cm³/mol. The average Bonchev–Trinajstić information content (AvgIpc) is 3.34. The first-order chi connectivity index (χ1) is 18.5. The van der Waals surface area contributed by atoms with Gasteiger partial charge in [-0.15, -0.1) is 16.9 Å². The molecule has 0 radical (unpaired) electrons. The molecule has 39 heavy (non-hydrogen) atoms. The number of rotatable bonds is 12. The highest BCUT2D eigenvalue weighted by Crippen LogP contribution is 2.41. The van der Waals surface area contributed by atoms with E-state index in [0.717, 1.165) is 16.7 Å². The van der Waals surface area contributed by atoms with Crippen molar-refractivity contribution in [1.82, 2.24) is 25.4 Å². The van der Waals surface area contributed by atoms with Crippen LogP contribution in [0.5, 0.6) is 0 Å². The van der Waals surface area contributed by atoms with Crippen molar-refractivity contribution >= 4 is 58.9 Å². The number of nitrogens with zero attached hydrogens (tertiary/aromatic N) is 3. The van der Waals surface area contributed by atoms with E-state index in [1.54, 1.807) is 24.3 Å². The second-order valence-electron chi connectivity index (χ2n) is 8.42. The molecule has 2 amide bonds. The van der Waals surface area contributed by atoms with Crippen LogP contribution in [0.4, 0.5) is 5.69 Å². The monoisotopic (exact) mass is 577 g/mol. The Labute approximate surface area is 228 Å². The number of benzene rings is 1. The molecule has 206 valence electrons. The van der Waals surface area contributed by atoms with Crippen molar-refractivity contribution in [3.05, 3.63) is 46.9 Å². The van der Waals surface area contributed by atoms with Gasteiger partial charge in [0, 0.05) is 17.2 Å².